The van der Waals surface area contributed by atoms with Crippen LogP contribution in [-0.4, -0.2) is 10.8 Å². The molecular weight excluding hydrogens is 354 g/mol. The van der Waals surface area contributed by atoms with Crippen LogP contribution in [0.25, 0.3) is 6.08 Å². The van der Waals surface area contributed by atoms with Crippen LogP contribution in [0.1, 0.15) is 28.4 Å². The number of nitrogens with one attached hydrogen (secondary N) is 1. The molecule has 0 saturated carbocycles. The number of ether oxygens (including phenoxy) is 1. The van der Waals surface area contributed by atoms with Gasteiger partial charge >= 0.3 is 0 Å². The first-order chi connectivity index (χ1) is 13.1. The third kappa shape index (κ3) is 2.64. The SMILES string of the molecule is CC1=Cc2cc(C(=O)c3ccccc3)ccc2OC12Nc1ccccc1S2. The summed E-state index contributed by atoms with van der Waals surface area (Å²) in [6, 6.07) is 23.2. The predicted molar refractivity (Wildman–Crippen MR) is 109 cm³/mol. The lowest BCUT2D eigenvalue weighted by Crippen LogP contribution is -2.40. The molecule has 2 heterocycles. The van der Waals surface area contributed by atoms with E-state index in [0.717, 1.165) is 22.6 Å². The zero-order valence-electron chi connectivity index (χ0n) is 14.7. The number of ketones is 1. The minimum atomic E-state index is -0.623. The Labute approximate surface area is 162 Å². The zero-order valence-corrected chi connectivity index (χ0v) is 15.5. The standard InChI is InChI=1S/C23H17NO2S/c1-15-13-18-14-17(22(25)16-7-3-2-4-8-16)11-12-20(18)26-23(15)24-19-9-5-6-10-21(19)27-23/h2-14,24H,1H3. The van der Waals surface area contributed by atoms with Gasteiger partial charge in [-0.05, 0) is 55.1 Å². The summed E-state index contributed by atoms with van der Waals surface area (Å²) < 4.78 is 6.39. The Kier molecular flexibility index (Phi) is 3.62. The summed E-state index contributed by atoms with van der Waals surface area (Å²) in [6.45, 7) is 2.06. The molecule has 132 valence electrons. The summed E-state index contributed by atoms with van der Waals surface area (Å²) >= 11 is 1.67. The van der Waals surface area contributed by atoms with E-state index in [9.17, 15) is 4.79 Å². The summed E-state index contributed by atoms with van der Waals surface area (Å²) in [4.78, 5) is 13.9. The molecule has 1 N–H and O–H groups in total. The van der Waals surface area contributed by atoms with Crippen molar-refractivity contribution in [2.45, 2.75) is 16.9 Å². The van der Waals surface area contributed by atoms with E-state index in [1.165, 1.54) is 4.90 Å². The van der Waals surface area contributed by atoms with Gasteiger partial charge in [0.05, 0.1) is 5.69 Å². The number of carbonyl (C=O) groups excluding carboxylic acids is 1. The van der Waals surface area contributed by atoms with Crippen LogP contribution in [0.4, 0.5) is 5.69 Å². The normalized spacial score (nSPS) is 19.5. The van der Waals surface area contributed by atoms with Gasteiger partial charge in [-0.25, -0.2) is 0 Å². The third-order valence-corrected chi connectivity index (χ3v) is 6.26. The summed E-state index contributed by atoms with van der Waals surface area (Å²) in [5, 5.41) is 2.89. The molecule has 2 aliphatic heterocycles. The smallest absolute Gasteiger partial charge is 0.256 e. The van der Waals surface area contributed by atoms with Crippen LogP contribution in [0, 0.1) is 0 Å². The van der Waals surface area contributed by atoms with Gasteiger partial charge in [-0.3, -0.25) is 4.79 Å². The lowest BCUT2D eigenvalue weighted by Gasteiger charge is -2.34. The van der Waals surface area contributed by atoms with Crippen LogP contribution in [0.15, 0.2) is 83.3 Å². The molecular formula is C23H17NO2S. The fourth-order valence-corrected chi connectivity index (χ4v) is 4.65. The number of carbonyl (C=O) groups is 1. The molecule has 27 heavy (non-hydrogen) atoms. The van der Waals surface area contributed by atoms with E-state index >= 15 is 0 Å². The zero-order chi connectivity index (χ0) is 18.4. The fourth-order valence-electron chi connectivity index (χ4n) is 3.46. The van der Waals surface area contributed by atoms with Crippen molar-refractivity contribution in [3.8, 4) is 5.75 Å². The molecule has 0 amide bonds. The molecule has 3 nitrogen and oxygen atoms in total. The van der Waals surface area contributed by atoms with Crippen molar-refractivity contribution in [2.24, 2.45) is 0 Å². The number of rotatable bonds is 2. The van der Waals surface area contributed by atoms with Gasteiger partial charge in [0.15, 0.2) is 5.78 Å². The molecule has 0 radical (unpaired) electrons. The molecule has 1 unspecified atom stereocenters. The first-order valence-electron chi connectivity index (χ1n) is 8.82. The van der Waals surface area contributed by atoms with Gasteiger partial charge in [0.1, 0.15) is 5.75 Å². The fraction of sp³-hybridized carbons (Fsp3) is 0.0870. The molecule has 3 aromatic rings. The number of fused-ring (bicyclic) bond motifs is 2. The van der Waals surface area contributed by atoms with Crippen molar-refractivity contribution in [3.63, 3.8) is 0 Å². The average molecular weight is 371 g/mol. The van der Waals surface area contributed by atoms with Gasteiger partial charge in [-0.15, -0.1) is 0 Å². The molecule has 2 aliphatic rings. The summed E-state index contributed by atoms with van der Waals surface area (Å²) in [6.07, 6.45) is 2.10. The van der Waals surface area contributed by atoms with E-state index < -0.39 is 5.06 Å². The number of para-hydroxylation sites is 1. The quantitative estimate of drug-likeness (QED) is 0.597. The molecule has 4 heteroatoms. The highest BCUT2D eigenvalue weighted by Crippen LogP contribution is 2.52. The molecule has 0 aromatic heterocycles. The average Bonchev–Trinajstić information content (AvgIpc) is 3.08. The molecule has 1 atom stereocenters. The highest BCUT2D eigenvalue weighted by atomic mass is 32.2. The van der Waals surface area contributed by atoms with Crippen LogP contribution in [0.5, 0.6) is 5.75 Å². The Morgan fingerprint density at radius 1 is 0.963 bits per heavy atom. The highest BCUT2D eigenvalue weighted by Gasteiger charge is 2.44. The number of hydrogen-bond acceptors (Lipinski definition) is 4. The number of anilines is 1. The van der Waals surface area contributed by atoms with E-state index in [-0.39, 0.29) is 5.78 Å². The first kappa shape index (κ1) is 16.2. The van der Waals surface area contributed by atoms with Crippen molar-refractivity contribution < 1.29 is 9.53 Å². The van der Waals surface area contributed by atoms with Gasteiger partial charge in [0.2, 0.25) is 0 Å². The molecule has 5 rings (SSSR count). The van der Waals surface area contributed by atoms with Crippen LogP contribution in [0.3, 0.4) is 0 Å². The second kappa shape index (κ2) is 6.03. The molecule has 0 fully saturated rings. The second-order valence-electron chi connectivity index (χ2n) is 6.72. The van der Waals surface area contributed by atoms with Gasteiger partial charge < -0.3 is 10.1 Å². The minimum Gasteiger partial charge on any atom is -0.454 e. The van der Waals surface area contributed by atoms with Gasteiger partial charge in [0, 0.05) is 27.2 Å². The Balaban J connectivity index is 1.49. The topological polar surface area (TPSA) is 38.3 Å². The Bertz CT molecular complexity index is 1060. The number of benzene rings is 3. The monoisotopic (exact) mass is 371 g/mol. The van der Waals surface area contributed by atoms with Gasteiger partial charge in [0.25, 0.3) is 5.06 Å². The van der Waals surface area contributed by atoms with Crippen LogP contribution < -0.4 is 10.1 Å². The summed E-state index contributed by atoms with van der Waals surface area (Å²) in [5.41, 5.74) is 4.43. The molecule has 0 bridgehead atoms. The first-order valence-corrected chi connectivity index (χ1v) is 9.64. The van der Waals surface area contributed by atoms with Crippen molar-refractivity contribution in [2.75, 3.05) is 5.32 Å². The highest BCUT2D eigenvalue weighted by molar-refractivity contribution is 8.01. The maximum Gasteiger partial charge on any atom is 0.256 e. The minimum absolute atomic E-state index is 0.0190. The maximum atomic E-state index is 12.7. The van der Waals surface area contributed by atoms with Crippen LogP contribution in [-0.2, 0) is 0 Å². The van der Waals surface area contributed by atoms with Gasteiger partial charge in [-0.1, -0.05) is 42.5 Å². The predicted octanol–water partition coefficient (Wildman–Crippen LogP) is 5.58. The Morgan fingerprint density at radius 3 is 2.56 bits per heavy atom. The summed E-state index contributed by atoms with van der Waals surface area (Å²) in [7, 11) is 0. The van der Waals surface area contributed by atoms with Crippen LogP contribution >= 0.6 is 11.8 Å². The van der Waals surface area contributed by atoms with Crippen LogP contribution in [0.2, 0.25) is 0 Å². The van der Waals surface area contributed by atoms with E-state index in [1.54, 1.807) is 11.8 Å². The molecule has 0 aliphatic carbocycles. The van der Waals surface area contributed by atoms with Gasteiger partial charge in [-0.2, -0.15) is 0 Å². The van der Waals surface area contributed by atoms with Crippen molar-refractivity contribution in [1.29, 1.82) is 0 Å². The lowest BCUT2D eigenvalue weighted by molar-refractivity contribution is 0.103. The summed E-state index contributed by atoms with van der Waals surface area (Å²) in [5.74, 6) is 0.795. The number of thioether (sulfide) groups is 1. The largest absolute Gasteiger partial charge is 0.454 e. The Morgan fingerprint density at radius 2 is 1.74 bits per heavy atom. The molecule has 1 spiro atoms. The van der Waals surface area contributed by atoms with Crippen molar-refractivity contribution in [1.82, 2.24) is 0 Å². The van der Waals surface area contributed by atoms with E-state index in [2.05, 4.69) is 30.4 Å². The number of hydrogen-bond donors (Lipinski definition) is 1. The lowest BCUT2D eigenvalue weighted by atomic mass is 9.98. The molecule has 3 aromatic carbocycles. The van der Waals surface area contributed by atoms with E-state index in [0.29, 0.717) is 11.1 Å². The van der Waals surface area contributed by atoms with E-state index in [1.807, 2.05) is 60.7 Å². The van der Waals surface area contributed by atoms with Crippen molar-refractivity contribution in [3.05, 3.63) is 95.1 Å². The second-order valence-corrected chi connectivity index (χ2v) is 7.94. The maximum absolute atomic E-state index is 12.7. The van der Waals surface area contributed by atoms with Crippen molar-refractivity contribution >= 4 is 29.3 Å². The Hall–Kier alpha value is -2.98. The third-order valence-electron chi connectivity index (χ3n) is 4.89. The molecule has 0 saturated heterocycles. The van der Waals surface area contributed by atoms with E-state index in [4.69, 9.17) is 4.74 Å².